The summed E-state index contributed by atoms with van der Waals surface area (Å²) >= 11 is 1.25. The van der Waals surface area contributed by atoms with E-state index in [1.807, 2.05) is 6.07 Å². The Morgan fingerprint density at radius 2 is 1.90 bits per heavy atom. The summed E-state index contributed by atoms with van der Waals surface area (Å²) in [5, 5.41) is 11.4. The van der Waals surface area contributed by atoms with Gasteiger partial charge in [0, 0.05) is 0 Å². The zero-order valence-electron chi connectivity index (χ0n) is 22.9. The van der Waals surface area contributed by atoms with Crippen molar-refractivity contribution in [1.29, 1.82) is 0 Å². The van der Waals surface area contributed by atoms with Gasteiger partial charge in [-0.1, -0.05) is 31.3 Å². The number of carbonyl (C=O) groups excluding carboxylic acids is 2. The molecule has 4 aromatic rings. The predicted molar refractivity (Wildman–Crippen MR) is 152 cm³/mol. The minimum Gasteiger partial charge on any atom is -0.503 e. The number of furan rings is 1. The standard InChI is InChI=1S/C30H30N2O7S/c1-16(2)12-13-38-21-11-7-18(14-23(21)37-5)26-25(27(33)22-10-6-17(3)39-22)28(34)29(35)32(26)30-31-20-9-8-19(36-4)15-24(20)40-30/h6-11,14-16,26,34H,12-13H2,1-5H3. The summed E-state index contributed by atoms with van der Waals surface area (Å²) in [7, 11) is 3.10. The van der Waals surface area contributed by atoms with Crippen molar-refractivity contribution < 1.29 is 33.3 Å². The lowest BCUT2D eigenvalue weighted by molar-refractivity contribution is -0.117. The molecule has 9 nitrogen and oxygen atoms in total. The Bertz CT molecular complexity index is 1620. The van der Waals surface area contributed by atoms with Crippen molar-refractivity contribution in [3.05, 3.63) is 76.9 Å². The molecule has 0 aliphatic carbocycles. The highest BCUT2D eigenvalue weighted by Gasteiger charge is 2.46. The quantitative estimate of drug-likeness (QED) is 0.220. The van der Waals surface area contributed by atoms with Crippen LogP contribution >= 0.6 is 11.3 Å². The van der Waals surface area contributed by atoms with Crippen molar-refractivity contribution in [2.45, 2.75) is 33.2 Å². The fourth-order valence-corrected chi connectivity index (χ4v) is 5.56. The largest absolute Gasteiger partial charge is 0.503 e. The molecule has 0 fully saturated rings. The monoisotopic (exact) mass is 562 g/mol. The summed E-state index contributed by atoms with van der Waals surface area (Å²) in [6, 6.07) is 12.8. The average Bonchev–Trinajstić information content (AvgIpc) is 3.63. The van der Waals surface area contributed by atoms with E-state index in [-0.39, 0.29) is 11.3 Å². The number of aliphatic hydroxyl groups excluding tert-OH is 1. The first-order valence-electron chi connectivity index (χ1n) is 12.8. The van der Waals surface area contributed by atoms with Crippen molar-refractivity contribution in [2.75, 3.05) is 25.7 Å². The molecule has 2 aromatic heterocycles. The van der Waals surface area contributed by atoms with Crippen LogP contribution in [-0.2, 0) is 4.79 Å². The highest BCUT2D eigenvalue weighted by Crippen LogP contribution is 2.46. The Balaban J connectivity index is 1.62. The van der Waals surface area contributed by atoms with E-state index < -0.39 is 23.5 Å². The van der Waals surface area contributed by atoms with Gasteiger partial charge in [0.05, 0.1) is 42.7 Å². The second-order valence-electron chi connectivity index (χ2n) is 9.85. The molecule has 1 atom stereocenters. The van der Waals surface area contributed by atoms with Crippen LogP contribution in [0.2, 0.25) is 0 Å². The lowest BCUT2D eigenvalue weighted by Gasteiger charge is -2.25. The molecular formula is C30H30N2O7S. The van der Waals surface area contributed by atoms with Crippen LogP contribution in [0.3, 0.4) is 0 Å². The zero-order valence-corrected chi connectivity index (χ0v) is 23.7. The van der Waals surface area contributed by atoms with Gasteiger partial charge in [-0.05, 0) is 67.3 Å². The summed E-state index contributed by atoms with van der Waals surface area (Å²) < 4.78 is 23.3. The van der Waals surface area contributed by atoms with Crippen LogP contribution in [0.4, 0.5) is 5.13 Å². The van der Waals surface area contributed by atoms with Gasteiger partial charge in [-0.2, -0.15) is 0 Å². The molecule has 3 heterocycles. The van der Waals surface area contributed by atoms with Gasteiger partial charge in [0.1, 0.15) is 11.5 Å². The summed E-state index contributed by atoms with van der Waals surface area (Å²) in [5.74, 6) is 0.673. The number of ketones is 1. The number of carbonyl (C=O) groups is 2. The molecule has 2 aromatic carbocycles. The van der Waals surface area contributed by atoms with E-state index in [1.54, 1.807) is 50.4 Å². The fraction of sp³-hybridized carbons (Fsp3) is 0.300. The number of hydrogen-bond donors (Lipinski definition) is 1. The minimum atomic E-state index is -0.994. The number of aromatic nitrogens is 1. The molecule has 208 valence electrons. The Morgan fingerprint density at radius 1 is 1.10 bits per heavy atom. The Labute approximate surface area is 235 Å². The third-order valence-corrected chi connectivity index (χ3v) is 7.68. The number of anilines is 1. The molecule has 1 unspecified atom stereocenters. The molecule has 0 saturated heterocycles. The van der Waals surface area contributed by atoms with Crippen molar-refractivity contribution in [2.24, 2.45) is 5.92 Å². The minimum absolute atomic E-state index is 0.0216. The number of rotatable bonds is 10. The summed E-state index contributed by atoms with van der Waals surface area (Å²) in [6.07, 6.45) is 0.871. The van der Waals surface area contributed by atoms with E-state index in [0.29, 0.717) is 51.7 Å². The SMILES string of the molecule is COc1ccc2nc(N3C(=O)C(O)=C(C(=O)c4ccc(C)o4)C3c3ccc(OCCC(C)C)c(OC)c3)sc2c1. The third kappa shape index (κ3) is 5.02. The normalized spacial score (nSPS) is 15.4. The molecule has 0 radical (unpaired) electrons. The van der Waals surface area contributed by atoms with E-state index in [2.05, 4.69) is 18.8 Å². The molecule has 0 spiro atoms. The molecule has 5 rings (SSSR count). The Kier molecular flexibility index (Phi) is 7.53. The van der Waals surface area contributed by atoms with Crippen molar-refractivity contribution in [3.8, 4) is 17.2 Å². The van der Waals surface area contributed by atoms with Crippen LogP contribution in [0.5, 0.6) is 17.2 Å². The number of aliphatic hydroxyl groups is 1. The Morgan fingerprint density at radius 3 is 2.58 bits per heavy atom. The molecule has 0 bridgehead atoms. The van der Waals surface area contributed by atoms with Crippen molar-refractivity contribution in [1.82, 2.24) is 4.98 Å². The molecule has 1 N–H and O–H groups in total. The first kappa shape index (κ1) is 27.3. The van der Waals surface area contributed by atoms with Gasteiger partial charge in [-0.15, -0.1) is 0 Å². The summed E-state index contributed by atoms with van der Waals surface area (Å²) in [4.78, 5) is 33.3. The van der Waals surface area contributed by atoms with Crippen molar-refractivity contribution >= 4 is 38.4 Å². The molecule has 40 heavy (non-hydrogen) atoms. The maximum atomic E-state index is 13.7. The van der Waals surface area contributed by atoms with Crippen molar-refractivity contribution in [3.63, 3.8) is 0 Å². The zero-order chi connectivity index (χ0) is 28.6. The van der Waals surface area contributed by atoms with Gasteiger partial charge < -0.3 is 23.7 Å². The van der Waals surface area contributed by atoms with Gasteiger partial charge in [-0.25, -0.2) is 4.98 Å². The van der Waals surface area contributed by atoms with Gasteiger partial charge in [0.25, 0.3) is 5.91 Å². The molecule has 1 aliphatic rings. The van der Waals surface area contributed by atoms with E-state index in [9.17, 15) is 14.7 Å². The van der Waals surface area contributed by atoms with Crippen LogP contribution in [0.25, 0.3) is 10.2 Å². The van der Waals surface area contributed by atoms with E-state index in [0.717, 1.165) is 11.1 Å². The van der Waals surface area contributed by atoms with Gasteiger partial charge in [0.2, 0.25) is 5.78 Å². The first-order valence-corrected chi connectivity index (χ1v) is 13.7. The molecule has 1 amide bonds. The average molecular weight is 563 g/mol. The highest BCUT2D eigenvalue weighted by atomic mass is 32.1. The number of Topliss-reactive ketones (excluding diaryl/α,β-unsaturated/α-hetero) is 1. The van der Waals surface area contributed by atoms with E-state index in [4.69, 9.17) is 18.6 Å². The summed E-state index contributed by atoms with van der Waals surface area (Å²) in [5.41, 5.74) is 1.08. The Hall–Kier alpha value is -4.31. The number of ether oxygens (including phenoxy) is 3. The van der Waals surface area contributed by atoms with E-state index in [1.165, 1.54) is 29.4 Å². The second-order valence-corrected chi connectivity index (χ2v) is 10.9. The van der Waals surface area contributed by atoms with Crippen LogP contribution in [0.1, 0.15) is 48.2 Å². The number of aryl methyl sites for hydroxylation is 1. The van der Waals surface area contributed by atoms with Crippen LogP contribution in [0, 0.1) is 12.8 Å². The maximum Gasteiger partial charge on any atom is 0.296 e. The molecule has 1 aliphatic heterocycles. The van der Waals surface area contributed by atoms with Gasteiger partial charge >= 0.3 is 0 Å². The second kappa shape index (κ2) is 11.1. The van der Waals surface area contributed by atoms with Crippen LogP contribution < -0.4 is 19.1 Å². The number of benzene rings is 2. The summed E-state index contributed by atoms with van der Waals surface area (Å²) in [6.45, 7) is 6.46. The molecule has 10 heteroatoms. The first-order chi connectivity index (χ1) is 19.2. The maximum absolute atomic E-state index is 13.7. The number of thiazole rings is 1. The van der Waals surface area contributed by atoms with Crippen LogP contribution in [0.15, 0.2) is 64.3 Å². The number of nitrogens with zero attached hydrogens (tertiary/aromatic N) is 2. The third-order valence-electron chi connectivity index (χ3n) is 6.66. The number of hydrogen-bond acceptors (Lipinski definition) is 9. The lowest BCUT2D eigenvalue weighted by atomic mass is 9.95. The molecular weight excluding hydrogens is 532 g/mol. The fourth-order valence-electron chi connectivity index (χ4n) is 4.54. The van der Waals surface area contributed by atoms with Gasteiger partial charge in [0.15, 0.2) is 28.1 Å². The topological polar surface area (TPSA) is 111 Å². The number of methoxy groups -OCH3 is 2. The highest BCUT2D eigenvalue weighted by molar-refractivity contribution is 7.22. The van der Waals surface area contributed by atoms with Crippen LogP contribution in [-0.4, -0.2) is 42.6 Å². The lowest BCUT2D eigenvalue weighted by Crippen LogP contribution is -2.31. The predicted octanol–water partition coefficient (Wildman–Crippen LogP) is 6.42. The van der Waals surface area contributed by atoms with E-state index >= 15 is 0 Å². The number of amides is 1. The molecule has 0 saturated carbocycles. The number of fused-ring (bicyclic) bond motifs is 1. The van der Waals surface area contributed by atoms with Gasteiger partial charge in [-0.3, -0.25) is 14.5 Å². The smallest absolute Gasteiger partial charge is 0.296 e.